The monoisotopic (exact) mass is 389 g/mol. The maximum Gasteiger partial charge on any atom is 0.297 e. The summed E-state index contributed by atoms with van der Waals surface area (Å²) in [5.74, 6) is -1.17. The predicted molar refractivity (Wildman–Crippen MR) is 101 cm³/mol. The Hall–Kier alpha value is -4.07. The molecule has 7 nitrogen and oxygen atoms in total. The molecular weight excluding hydrogens is 377 g/mol. The van der Waals surface area contributed by atoms with Crippen LogP contribution in [0.5, 0.6) is 5.75 Å². The number of benzene rings is 2. The highest BCUT2D eigenvalue weighted by Crippen LogP contribution is 2.40. The highest BCUT2D eigenvalue weighted by molar-refractivity contribution is 6.09. The van der Waals surface area contributed by atoms with E-state index in [1.54, 1.807) is 18.2 Å². The summed E-state index contributed by atoms with van der Waals surface area (Å²) in [7, 11) is 0. The number of phenols is 1. The molecule has 0 bridgehead atoms. The molecule has 8 heteroatoms. The Kier molecular flexibility index (Phi) is 3.67. The maximum atomic E-state index is 13.7. The van der Waals surface area contributed by atoms with E-state index in [-0.39, 0.29) is 34.0 Å². The third-order valence-corrected chi connectivity index (χ3v) is 4.81. The first-order valence-electron chi connectivity index (χ1n) is 8.70. The second-order valence-corrected chi connectivity index (χ2v) is 6.53. The predicted octanol–water partition coefficient (Wildman–Crippen LogP) is 3.18. The summed E-state index contributed by atoms with van der Waals surface area (Å²) in [5, 5.41) is 9.67. The summed E-state index contributed by atoms with van der Waals surface area (Å²) < 4.78 is 19.5. The van der Waals surface area contributed by atoms with Crippen LogP contribution in [0.1, 0.15) is 27.7 Å². The zero-order valence-electron chi connectivity index (χ0n) is 14.7. The summed E-state index contributed by atoms with van der Waals surface area (Å²) in [6, 6.07) is 10.4. The van der Waals surface area contributed by atoms with Gasteiger partial charge in [-0.25, -0.2) is 14.4 Å². The smallest absolute Gasteiger partial charge is 0.297 e. The van der Waals surface area contributed by atoms with E-state index < -0.39 is 23.2 Å². The van der Waals surface area contributed by atoms with Gasteiger partial charge < -0.3 is 9.52 Å². The molecule has 0 fully saturated rings. The van der Waals surface area contributed by atoms with Gasteiger partial charge in [-0.1, -0.05) is 12.1 Å². The van der Waals surface area contributed by atoms with Gasteiger partial charge in [0.25, 0.3) is 5.91 Å². The molecular formula is C21H12FN3O4. The number of fused-ring (bicyclic) bond motifs is 2. The van der Waals surface area contributed by atoms with Gasteiger partial charge in [0.05, 0.1) is 17.0 Å². The fourth-order valence-electron chi connectivity index (χ4n) is 3.54. The highest BCUT2D eigenvalue weighted by atomic mass is 19.1. The van der Waals surface area contributed by atoms with Crippen LogP contribution in [0.25, 0.3) is 11.0 Å². The molecule has 1 aliphatic heterocycles. The van der Waals surface area contributed by atoms with Crippen molar-refractivity contribution in [1.29, 1.82) is 0 Å². The minimum Gasteiger partial charge on any atom is -0.508 e. The van der Waals surface area contributed by atoms with Crippen molar-refractivity contribution in [3.8, 4) is 5.75 Å². The SMILES string of the molecule is O=C1c2oc3ccc(F)cc3c(=O)c2C(c2ccc(O)cc2)N1c1ncccn1. The van der Waals surface area contributed by atoms with Gasteiger partial charge in [-0.15, -0.1) is 0 Å². The Morgan fingerprint density at radius 2 is 1.76 bits per heavy atom. The van der Waals surface area contributed by atoms with Crippen LogP contribution < -0.4 is 10.3 Å². The number of nitrogens with zero attached hydrogens (tertiary/aromatic N) is 3. The second-order valence-electron chi connectivity index (χ2n) is 6.53. The van der Waals surface area contributed by atoms with Gasteiger partial charge in [-0.2, -0.15) is 0 Å². The van der Waals surface area contributed by atoms with Gasteiger partial charge in [0.1, 0.15) is 17.1 Å². The van der Waals surface area contributed by atoms with Crippen LogP contribution in [-0.4, -0.2) is 21.0 Å². The molecule has 1 atom stereocenters. The van der Waals surface area contributed by atoms with Crippen molar-refractivity contribution in [2.24, 2.45) is 0 Å². The topological polar surface area (TPSA) is 96.5 Å². The Balaban J connectivity index is 1.83. The summed E-state index contributed by atoms with van der Waals surface area (Å²) in [6.45, 7) is 0. The minimum absolute atomic E-state index is 0.0356. The largest absolute Gasteiger partial charge is 0.508 e. The van der Waals surface area contributed by atoms with E-state index in [9.17, 15) is 19.1 Å². The Morgan fingerprint density at radius 3 is 2.48 bits per heavy atom. The minimum atomic E-state index is -0.885. The molecule has 1 amide bonds. The molecule has 4 aromatic rings. The lowest BCUT2D eigenvalue weighted by Crippen LogP contribution is -2.31. The normalized spacial score (nSPS) is 15.7. The molecule has 0 saturated carbocycles. The number of halogens is 1. The molecule has 0 spiro atoms. The van der Waals surface area contributed by atoms with Crippen LogP contribution in [0, 0.1) is 5.82 Å². The Labute approximate surface area is 162 Å². The highest BCUT2D eigenvalue weighted by Gasteiger charge is 2.44. The van der Waals surface area contributed by atoms with Crippen molar-refractivity contribution in [1.82, 2.24) is 9.97 Å². The standard InChI is InChI=1S/C21H12FN3O4/c22-12-4-7-15-14(10-12)18(27)16-17(11-2-5-13(26)6-3-11)25(20(28)19(16)29-15)21-23-8-1-9-24-21/h1-10,17,26H. The number of aromatic nitrogens is 2. The third kappa shape index (κ3) is 2.57. The summed E-state index contributed by atoms with van der Waals surface area (Å²) in [4.78, 5) is 36.0. The Bertz CT molecular complexity index is 1320. The van der Waals surface area contributed by atoms with Gasteiger partial charge >= 0.3 is 0 Å². The average Bonchev–Trinajstić information content (AvgIpc) is 3.03. The van der Waals surface area contributed by atoms with Crippen LogP contribution in [0.2, 0.25) is 0 Å². The van der Waals surface area contributed by atoms with Crippen LogP contribution in [0.3, 0.4) is 0 Å². The fraction of sp³-hybridized carbons (Fsp3) is 0.0476. The van der Waals surface area contributed by atoms with Crippen LogP contribution in [0.4, 0.5) is 10.3 Å². The number of hydrogen-bond donors (Lipinski definition) is 1. The number of phenolic OH excluding ortho intramolecular Hbond substituents is 1. The van der Waals surface area contributed by atoms with Crippen molar-refractivity contribution >= 4 is 22.8 Å². The first-order chi connectivity index (χ1) is 14.0. The maximum absolute atomic E-state index is 13.7. The molecule has 29 heavy (non-hydrogen) atoms. The number of hydrogen-bond acceptors (Lipinski definition) is 6. The molecule has 5 rings (SSSR count). The number of carbonyl (C=O) groups excluding carboxylic acids is 1. The van der Waals surface area contributed by atoms with E-state index in [0.717, 1.165) is 12.1 Å². The number of amides is 1. The van der Waals surface area contributed by atoms with E-state index in [2.05, 4.69) is 9.97 Å². The average molecular weight is 389 g/mol. The first-order valence-corrected chi connectivity index (χ1v) is 8.70. The van der Waals surface area contributed by atoms with Crippen molar-refractivity contribution in [2.45, 2.75) is 6.04 Å². The van der Waals surface area contributed by atoms with Gasteiger partial charge in [0.15, 0.2) is 5.43 Å². The number of anilines is 1. The zero-order chi connectivity index (χ0) is 20.1. The van der Waals surface area contributed by atoms with E-state index in [1.165, 1.54) is 35.5 Å². The molecule has 2 aromatic carbocycles. The summed E-state index contributed by atoms with van der Waals surface area (Å²) in [6.07, 6.45) is 2.96. The van der Waals surface area contributed by atoms with E-state index in [4.69, 9.17) is 4.42 Å². The van der Waals surface area contributed by atoms with Crippen molar-refractivity contribution in [3.63, 3.8) is 0 Å². The van der Waals surface area contributed by atoms with Crippen molar-refractivity contribution in [2.75, 3.05) is 4.90 Å². The molecule has 3 heterocycles. The molecule has 0 saturated heterocycles. The molecule has 2 aromatic heterocycles. The van der Waals surface area contributed by atoms with Gasteiger partial charge in [0, 0.05) is 12.4 Å². The van der Waals surface area contributed by atoms with Gasteiger partial charge in [-0.05, 0) is 42.0 Å². The Morgan fingerprint density at radius 1 is 1.03 bits per heavy atom. The van der Waals surface area contributed by atoms with Gasteiger partial charge in [-0.3, -0.25) is 14.5 Å². The molecule has 1 unspecified atom stereocenters. The molecule has 0 radical (unpaired) electrons. The van der Waals surface area contributed by atoms with Crippen LogP contribution >= 0.6 is 0 Å². The van der Waals surface area contributed by atoms with Crippen LogP contribution in [0.15, 0.2) is 70.1 Å². The fourth-order valence-corrected chi connectivity index (χ4v) is 3.54. The summed E-state index contributed by atoms with van der Waals surface area (Å²) in [5.41, 5.74) is 0.228. The number of rotatable bonds is 2. The lowest BCUT2D eigenvalue weighted by Gasteiger charge is -2.22. The van der Waals surface area contributed by atoms with E-state index in [0.29, 0.717) is 5.56 Å². The van der Waals surface area contributed by atoms with E-state index in [1.807, 2.05) is 0 Å². The van der Waals surface area contributed by atoms with Crippen molar-refractivity contribution in [3.05, 3.63) is 93.9 Å². The second kappa shape index (κ2) is 6.23. The first kappa shape index (κ1) is 17.1. The molecule has 0 aliphatic carbocycles. The molecule has 1 N–H and O–H groups in total. The third-order valence-electron chi connectivity index (χ3n) is 4.81. The molecule has 1 aliphatic rings. The zero-order valence-corrected chi connectivity index (χ0v) is 14.7. The quantitative estimate of drug-likeness (QED) is 0.566. The summed E-state index contributed by atoms with van der Waals surface area (Å²) >= 11 is 0. The molecule has 142 valence electrons. The van der Waals surface area contributed by atoms with E-state index >= 15 is 0 Å². The lowest BCUT2D eigenvalue weighted by molar-refractivity contribution is 0.0969. The van der Waals surface area contributed by atoms with Crippen molar-refractivity contribution < 1.29 is 18.7 Å². The number of aromatic hydroxyl groups is 1. The van der Waals surface area contributed by atoms with Crippen LogP contribution in [-0.2, 0) is 0 Å². The van der Waals surface area contributed by atoms with Gasteiger partial charge in [0.2, 0.25) is 11.7 Å². The lowest BCUT2D eigenvalue weighted by atomic mass is 9.98. The number of carbonyl (C=O) groups is 1.